The highest BCUT2D eigenvalue weighted by Crippen LogP contribution is 2.35. The second-order valence-electron chi connectivity index (χ2n) is 9.91. The van der Waals surface area contributed by atoms with Crippen LogP contribution in [0.15, 0.2) is 54.6 Å². The van der Waals surface area contributed by atoms with Crippen molar-refractivity contribution in [3.8, 4) is 0 Å². The molecule has 0 aromatic heterocycles. The Labute approximate surface area is 197 Å². The number of carbonyl (C=O) groups is 2. The fourth-order valence-electron chi connectivity index (χ4n) is 4.92. The van der Waals surface area contributed by atoms with E-state index in [2.05, 4.69) is 29.2 Å². The number of Topliss-reactive ketones (excluding diaryl/α,β-unsaturated/α-hetero) is 1. The number of hydrogen-bond donors (Lipinski definition) is 0. The van der Waals surface area contributed by atoms with Gasteiger partial charge in [0.15, 0.2) is 0 Å². The predicted molar refractivity (Wildman–Crippen MR) is 131 cm³/mol. The van der Waals surface area contributed by atoms with Crippen LogP contribution in [0.3, 0.4) is 0 Å². The molecular formula is C28H36N2O3. The van der Waals surface area contributed by atoms with Crippen molar-refractivity contribution in [3.05, 3.63) is 65.7 Å². The summed E-state index contributed by atoms with van der Waals surface area (Å²) in [6, 6.07) is 18.4. The number of rotatable bonds is 7. The summed E-state index contributed by atoms with van der Waals surface area (Å²) in [5.41, 5.74) is 3.08. The lowest BCUT2D eigenvalue weighted by Gasteiger charge is -2.49. The van der Waals surface area contributed by atoms with Crippen molar-refractivity contribution in [2.45, 2.75) is 58.2 Å². The Hall–Kier alpha value is -2.50. The lowest BCUT2D eigenvalue weighted by molar-refractivity contribution is -0.161. The summed E-state index contributed by atoms with van der Waals surface area (Å²) in [6.07, 6.45) is 2.93. The second-order valence-corrected chi connectivity index (χ2v) is 9.91. The highest BCUT2D eigenvalue weighted by molar-refractivity contribution is 5.97. The summed E-state index contributed by atoms with van der Waals surface area (Å²) in [6.45, 7) is 9.35. The minimum atomic E-state index is -0.415. The van der Waals surface area contributed by atoms with E-state index in [1.165, 1.54) is 5.56 Å². The van der Waals surface area contributed by atoms with Gasteiger partial charge in [-0.05, 0) is 49.4 Å². The maximum atomic E-state index is 12.8. The van der Waals surface area contributed by atoms with Gasteiger partial charge in [0.2, 0.25) is 0 Å². The van der Waals surface area contributed by atoms with Gasteiger partial charge in [0, 0.05) is 37.7 Å². The number of para-hydroxylation sites is 1. The molecule has 2 aromatic rings. The molecule has 2 aliphatic heterocycles. The third kappa shape index (κ3) is 5.71. The first-order valence-electron chi connectivity index (χ1n) is 12.2. The van der Waals surface area contributed by atoms with Gasteiger partial charge in [-0.1, -0.05) is 56.3 Å². The number of likely N-dealkylation sites (tertiary alicyclic amines) is 1. The average molecular weight is 449 g/mol. The van der Waals surface area contributed by atoms with E-state index in [-0.39, 0.29) is 17.4 Å². The molecule has 0 bridgehead atoms. The third-order valence-electron chi connectivity index (χ3n) is 7.05. The van der Waals surface area contributed by atoms with E-state index in [1.807, 2.05) is 56.0 Å². The van der Waals surface area contributed by atoms with Crippen LogP contribution in [-0.2, 0) is 27.2 Å². The first-order valence-corrected chi connectivity index (χ1v) is 12.2. The first-order chi connectivity index (χ1) is 15.8. The highest BCUT2D eigenvalue weighted by atomic mass is 16.5. The molecule has 0 aliphatic carbocycles. The molecule has 1 spiro atoms. The third-order valence-corrected chi connectivity index (χ3v) is 7.05. The maximum Gasteiger partial charge on any atom is 0.255 e. The van der Waals surface area contributed by atoms with E-state index >= 15 is 0 Å². The molecule has 0 radical (unpaired) electrons. The monoisotopic (exact) mass is 448 g/mol. The predicted octanol–water partition coefficient (Wildman–Crippen LogP) is 4.28. The van der Waals surface area contributed by atoms with E-state index in [4.69, 9.17) is 4.74 Å². The number of ether oxygens (including phenoxy) is 1. The van der Waals surface area contributed by atoms with Crippen LogP contribution >= 0.6 is 0 Å². The first kappa shape index (κ1) is 23.7. The quantitative estimate of drug-likeness (QED) is 0.634. The van der Waals surface area contributed by atoms with E-state index < -0.39 is 6.10 Å². The van der Waals surface area contributed by atoms with Crippen LogP contribution in [0.25, 0.3) is 0 Å². The fraction of sp³-hybridized carbons (Fsp3) is 0.500. The van der Waals surface area contributed by atoms with E-state index in [0.29, 0.717) is 18.7 Å². The van der Waals surface area contributed by atoms with Crippen LogP contribution in [-0.4, -0.2) is 54.5 Å². The number of benzene rings is 2. The molecule has 0 saturated carbocycles. The molecular weight excluding hydrogens is 412 g/mol. The summed E-state index contributed by atoms with van der Waals surface area (Å²) < 4.78 is 6.31. The largest absolute Gasteiger partial charge is 0.360 e. The molecule has 2 aromatic carbocycles. The number of carbonyl (C=O) groups excluding carboxylic acids is 2. The Bertz CT molecular complexity index is 964. The average Bonchev–Trinajstić information content (AvgIpc) is 2.82. The van der Waals surface area contributed by atoms with Gasteiger partial charge in [-0.25, -0.2) is 0 Å². The molecule has 2 saturated heterocycles. The van der Waals surface area contributed by atoms with Crippen molar-refractivity contribution in [1.82, 2.24) is 4.90 Å². The SMILES string of the molecule is CC(C)C(=O)Cc1cccc(CCN2CCC3(CC2)CN(c2ccccc2)C(=O)C(C)O3)c1. The Morgan fingerprint density at radius 3 is 2.45 bits per heavy atom. The molecule has 2 aliphatic rings. The van der Waals surface area contributed by atoms with Crippen LogP contribution in [0.4, 0.5) is 5.69 Å². The van der Waals surface area contributed by atoms with Gasteiger partial charge in [-0.15, -0.1) is 0 Å². The number of piperidine rings is 1. The summed E-state index contributed by atoms with van der Waals surface area (Å²) in [5, 5.41) is 0. The van der Waals surface area contributed by atoms with Crippen molar-refractivity contribution in [1.29, 1.82) is 0 Å². The maximum absolute atomic E-state index is 12.8. The Balaban J connectivity index is 1.33. The van der Waals surface area contributed by atoms with Crippen molar-refractivity contribution < 1.29 is 14.3 Å². The van der Waals surface area contributed by atoms with Gasteiger partial charge < -0.3 is 14.5 Å². The van der Waals surface area contributed by atoms with Crippen LogP contribution in [0, 0.1) is 5.92 Å². The van der Waals surface area contributed by atoms with E-state index in [9.17, 15) is 9.59 Å². The van der Waals surface area contributed by atoms with Gasteiger partial charge in [0.1, 0.15) is 11.9 Å². The second kappa shape index (κ2) is 10.2. The zero-order valence-electron chi connectivity index (χ0n) is 20.1. The molecule has 176 valence electrons. The molecule has 0 N–H and O–H groups in total. The van der Waals surface area contributed by atoms with Crippen LogP contribution in [0.5, 0.6) is 0 Å². The van der Waals surface area contributed by atoms with Crippen molar-refractivity contribution in [2.24, 2.45) is 5.92 Å². The molecule has 4 rings (SSSR count). The van der Waals surface area contributed by atoms with Gasteiger partial charge in [-0.2, -0.15) is 0 Å². The number of ketones is 1. The number of hydrogen-bond acceptors (Lipinski definition) is 4. The van der Waals surface area contributed by atoms with Crippen LogP contribution < -0.4 is 4.90 Å². The summed E-state index contributed by atoms with van der Waals surface area (Å²) in [5.74, 6) is 0.412. The molecule has 5 heteroatoms. The summed E-state index contributed by atoms with van der Waals surface area (Å²) in [4.78, 5) is 29.3. The lowest BCUT2D eigenvalue weighted by Crippen LogP contribution is -2.61. The van der Waals surface area contributed by atoms with Gasteiger partial charge in [0.05, 0.1) is 12.1 Å². The van der Waals surface area contributed by atoms with Crippen molar-refractivity contribution in [3.63, 3.8) is 0 Å². The molecule has 33 heavy (non-hydrogen) atoms. The molecule has 1 unspecified atom stereocenters. The summed E-state index contributed by atoms with van der Waals surface area (Å²) in [7, 11) is 0. The fourth-order valence-corrected chi connectivity index (χ4v) is 4.92. The lowest BCUT2D eigenvalue weighted by atomic mass is 9.88. The molecule has 1 amide bonds. The zero-order chi connectivity index (χ0) is 23.4. The molecule has 2 heterocycles. The Morgan fingerprint density at radius 1 is 1.06 bits per heavy atom. The standard InChI is InChI=1S/C28H36N2O3/c1-21(2)26(31)19-24-9-7-8-23(18-24)12-15-29-16-13-28(14-17-29)20-30(27(32)22(3)33-28)25-10-5-4-6-11-25/h4-11,18,21-22H,12-17,19-20H2,1-3H3. The zero-order valence-corrected chi connectivity index (χ0v) is 20.1. The Kier molecular flexibility index (Phi) is 7.30. The number of amides is 1. The molecule has 1 atom stereocenters. The minimum Gasteiger partial charge on any atom is -0.360 e. The summed E-state index contributed by atoms with van der Waals surface area (Å²) >= 11 is 0. The van der Waals surface area contributed by atoms with Crippen molar-refractivity contribution >= 4 is 17.4 Å². The smallest absolute Gasteiger partial charge is 0.255 e. The van der Waals surface area contributed by atoms with E-state index in [1.54, 1.807) is 0 Å². The van der Waals surface area contributed by atoms with Crippen molar-refractivity contribution in [2.75, 3.05) is 31.1 Å². The topological polar surface area (TPSA) is 49.9 Å². The highest BCUT2D eigenvalue weighted by Gasteiger charge is 2.45. The normalized spacial score (nSPS) is 21.0. The minimum absolute atomic E-state index is 0.0464. The van der Waals surface area contributed by atoms with Crippen LogP contribution in [0.1, 0.15) is 44.7 Å². The number of nitrogens with zero attached hydrogens (tertiary/aromatic N) is 2. The van der Waals surface area contributed by atoms with Crippen LogP contribution in [0.2, 0.25) is 0 Å². The van der Waals surface area contributed by atoms with Gasteiger partial charge in [-0.3, -0.25) is 9.59 Å². The van der Waals surface area contributed by atoms with E-state index in [0.717, 1.165) is 50.1 Å². The Morgan fingerprint density at radius 2 is 1.76 bits per heavy atom. The molecule has 5 nitrogen and oxygen atoms in total. The number of anilines is 1. The van der Waals surface area contributed by atoms with Gasteiger partial charge in [0.25, 0.3) is 5.91 Å². The van der Waals surface area contributed by atoms with Gasteiger partial charge >= 0.3 is 0 Å². The number of morpholine rings is 1. The molecule has 2 fully saturated rings.